The molecule has 2 rings (SSSR count). The van der Waals surface area contributed by atoms with Gasteiger partial charge in [-0.05, 0) is 37.6 Å². The van der Waals surface area contributed by atoms with Crippen LogP contribution >= 0.6 is 0 Å². The predicted octanol–water partition coefficient (Wildman–Crippen LogP) is 0.305. The van der Waals surface area contributed by atoms with Crippen molar-refractivity contribution < 1.29 is 18.4 Å². The van der Waals surface area contributed by atoms with E-state index in [1.54, 1.807) is 4.90 Å². The Bertz CT molecular complexity index is 511. The number of likely N-dealkylation sites (tertiary alicyclic amines) is 1. The quantitative estimate of drug-likeness (QED) is 0.421. The maximum atomic E-state index is 13.3. The van der Waals surface area contributed by atoms with Gasteiger partial charge in [-0.25, -0.2) is 14.2 Å². The molecule has 0 aliphatic carbocycles. The van der Waals surface area contributed by atoms with Crippen molar-refractivity contribution >= 4 is 12.3 Å². The molecule has 0 saturated carbocycles. The largest absolute Gasteiger partial charge is 0.297 e. The molecule has 1 saturated heterocycles. The summed E-state index contributed by atoms with van der Waals surface area (Å²) in [6, 6.07) is 0. The van der Waals surface area contributed by atoms with Crippen LogP contribution in [-0.4, -0.2) is 57.9 Å². The van der Waals surface area contributed by atoms with Crippen LogP contribution in [0.15, 0.2) is 12.4 Å². The van der Waals surface area contributed by atoms with Crippen LogP contribution in [-0.2, 0) is 9.59 Å². The first kappa shape index (κ1) is 17.3. The van der Waals surface area contributed by atoms with Gasteiger partial charge >= 0.3 is 0 Å². The lowest BCUT2D eigenvalue weighted by Crippen LogP contribution is -2.50. The van der Waals surface area contributed by atoms with Crippen molar-refractivity contribution in [3.05, 3.63) is 12.4 Å². The molecular weight excluding hydrogens is 310 g/mol. The highest BCUT2D eigenvalue weighted by Crippen LogP contribution is 2.26. The Balaban J connectivity index is 1.72. The van der Waals surface area contributed by atoms with Crippen molar-refractivity contribution in [2.45, 2.75) is 38.0 Å². The van der Waals surface area contributed by atoms with Crippen LogP contribution in [0.25, 0.3) is 0 Å². The van der Waals surface area contributed by atoms with Gasteiger partial charge < -0.3 is 0 Å². The van der Waals surface area contributed by atoms with Crippen molar-refractivity contribution in [1.29, 1.82) is 0 Å². The fourth-order valence-corrected chi connectivity index (χ4v) is 2.56. The van der Waals surface area contributed by atoms with Crippen LogP contribution in [0.3, 0.4) is 0 Å². The molecule has 1 fully saturated rings. The van der Waals surface area contributed by atoms with Crippen molar-refractivity contribution in [1.82, 2.24) is 25.4 Å². The maximum Gasteiger partial charge on any atom is 0.262 e. The zero-order valence-electron chi connectivity index (χ0n) is 12.7. The first-order chi connectivity index (χ1) is 11.0. The molecular formula is C13H20F2N6O2. The summed E-state index contributed by atoms with van der Waals surface area (Å²) in [6.45, 7) is 0.993. The van der Waals surface area contributed by atoms with Crippen LogP contribution in [0.4, 0.5) is 8.78 Å². The highest BCUT2D eigenvalue weighted by molar-refractivity contribution is 5.86. The van der Waals surface area contributed by atoms with Crippen molar-refractivity contribution in [3.63, 3.8) is 0 Å². The van der Waals surface area contributed by atoms with E-state index in [9.17, 15) is 18.4 Å². The van der Waals surface area contributed by atoms with E-state index in [-0.39, 0.29) is 25.3 Å². The second kappa shape index (κ2) is 7.95. The molecule has 128 valence electrons. The Morgan fingerprint density at radius 1 is 1.43 bits per heavy atom. The summed E-state index contributed by atoms with van der Waals surface area (Å²) >= 11 is 0. The Labute approximate surface area is 132 Å². The average Bonchev–Trinajstić information content (AvgIpc) is 3.02. The number of piperidine rings is 1. The van der Waals surface area contributed by atoms with E-state index in [0.29, 0.717) is 38.8 Å². The van der Waals surface area contributed by atoms with E-state index in [2.05, 4.69) is 15.7 Å². The van der Waals surface area contributed by atoms with E-state index in [0.717, 1.165) is 9.91 Å². The molecule has 1 aromatic heterocycles. The van der Waals surface area contributed by atoms with Gasteiger partial charge in [-0.2, -0.15) is 0 Å². The zero-order chi connectivity index (χ0) is 16.7. The third-order valence-corrected chi connectivity index (χ3v) is 3.61. The number of carbonyl (C=O) groups excluding carboxylic acids is 2. The Morgan fingerprint density at radius 3 is 2.91 bits per heavy atom. The molecule has 1 aliphatic rings. The first-order valence-electron chi connectivity index (χ1n) is 7.51. The second-order valence-electron chi connectivity index (χ2n) is 5.47. The average molecular weight is 330 g/mol. The molecule has 1 aromatic rings. The minimum absolute atomic E-state index is 0.0494. The predicted molar refractivity (Wildman–Crippen MR) is 76.9 cm³/mol. The van der Waals surface area contributed by atoms with E-state index >= 15 is 0 Å². The summed E-state index contributed by atoms with van der Waals surface area (Å²) in [5.74, 6) is -2.96. The Morgan fingerprint density at radius 2 is 2.26 bits per heavy atom. The fourth-order valence-electron chi connectivity index (χ4n) is 2.56. The van der Waals surface area contributed by atoms with Gasteiger partial charge in [0.15, 0.2) is 0 Å². The molecule has 0 atom stereocenters. The van der Waals surface area contributed by atoms with Gasteiger partial charge in [-0.3, -0.25) is 14.5 Å². The number of amides is 2. The van der Waals surface area contributed by atoms with E-state index in [1.165, 1.54) is 12.4 Å². The van der Waals surface area contributed by atoms with Gasteiger partial charge in [0.05, 0.1) is 18.9 Å². The number of nitrogens with one attached hydrogen (secondary N) is 1. The van der Waals surface area contributed by atoms with E-state index < -0.39 is 5.92 Å². The van der Waals surface area contributed by atoms with Gasteiger partial charge in [-0.15, -0.1) is 15.0 Å². The smallest absolute Gasteiger partial charge is 0.262 e. The molecule has 0 unspecified atom stereocenters. The number of unbranched alkanes of at least 4 members (excludes halogenated alkanes) is 1. The van der Waals surface area contributed by atoms with Gasteiger partial charge in [0.25, 0.3) is 11.8 Å². The van der Waals surface area contributed by atoms with Gasteiger partial charge in [0, 0.05) is 12.8 Å². The van der Waals surface area contributed by atoms with Gasteiger partial charge in [-0.1, -0.05) is 0 Å². The molecule has 8 nitrogen and oxygen atoms in total. The molecule has 0 aromatic carbocycles. The third kappa shape index (κ3) is 5.23. The zero-order valence-corrected chi connectivity index (χ0v) is 12.7. The Kier molecular flexibility index (Phi) is 5.97. The number of hydrogen-bond donors (Lipinski definition) is 1. The van der Waals surface area contributed by atoms with Gasteiger partial charge in [0.1, 0.15) is 0 Å². The fraction of sp³-hybridized carbons (Fsp3) is 0.692. The lowest BCUT2D eigenvalue weighted by Gasteiger charge is -2.32. The van der Waals surface area contributed by atoms with E-state index in [1.807, 2.05) is 0 Å². The van der Waals surface area contributed by atoms with Crippen LogP contribution in [0, 0.1) is 0 Å². The highest BCUT2D eigenvalue weighted by Gasteiger charge is 2.34. The standard InChI is InChI=1S/C13H20F2N6O2/c14-13(15)5-3-8-19(10-13)7-2-1-4-12(23)21(17-11-22)20-9-6-16-18-20/h6,9,11H,1-5,7-8,10H2,(H,17,22). The van der Waals surface area contributed by atoms with Crippen LogP contribution in [0.2, 0.25) is 0 Å². The summed E-state index contributed by atoms with van der Waals surface area (Å²) in [6.07, 6.45) is 4.95. The molecule has 0 bridgehead atoms. The molecule has 23 heavy (non-hydrogen) atoms. The molecule has 0 radical (unpaired) electrons. The number of rotatable bonds is 8. The molecule has 2 heterocycles. The summed E-state index contributed by atoms with van der Waals surface area (Å²) in [5, 5.41) is 8.15. The summed E-state index contributed by atoms with van der Waals surface area (Å²) < 4.78 is 26.6. The molecule has 1 aliphatic heterocycles. The van der Waals surface area contributed by atoms with Crippen molar-refractivity contribution in [2.24, 2.45) is 0 Å². The van der Waals surface area contributed by atoms with E-state index in [4.69, 9.17) is 0 Å². The molecule has 2 amide bonds. The SMILES string of the molecule is O=CNN(C(=O)CCCCN1CCCC(F)(F)C1)n1ccnn1. The Hall–Kier alpha value is -2.10. The minimum atomic E-state index is -2.61. The second-order valence-corrected chi connectivity index (χ2v) is 5.47. The first-order valence-corrected chi connectivity index (χ1v) is 7.51. The van der Waals surface area contributed by atoms with Crippen molar-refractivity contribution in [2.75, 3.05) is 24.8 Å². The number of aromatic nitrogens is 3. The molecule has 10 heteroatoms. The number of hydrazine groups is 1. The molecule has 0 spiro atoms. The lowest BCUT2D eigenvalue weighted by molar-refractivity contribution is -0.123. The van der Waals surface area contributed by atoms with Crippen LogP contribution in [0.1, 0.15) is 32.1 Å². The minimum Gasteiger partial charge on any atom is -0.297 e. The number of alkyl halides is 2. The normalized spacial score (nSPS) is 17.7. The summed E-state index contributed by atoms with van der Waals surface area (Å²) in [7, 11) is 0. The number of hydrogen-bond acceptors (Lipinski definition) is 5. The van der Waals surface area contributed by atoms with Gasteiger partial charge in [0.2, 0.25) is 6.41 Å². The number of nitrogens with zero attached hydrogens (tertiary/aromatic N) is 5. The highest BCUT2D eigenvalue weighted by atomic mass is 19.3. The van der Waals surface area contributed by atoms with Crippen LogP contribution < -0.4 is 10.5 Å². The molecule has 1 N–H and O–H groups in total. The topological polar surface area (TPSA) is 83.4 Å². The maximum absolute atomic E-state index is 13.3. The number of carbonyl (C=O) groups is 2. The van der Waals surface area contributed by atoms with Crippen molar-refractivity contribution in [3.8, 4) is 0 Å². The number of halogens is 2. The summed E-state index contributed by atoms with van der Waals surface area (Å²) in [4.78, 5) is 25.5. The third-order valence-electron chi connectivity index (χ3n) is 3.61. The lowest BCUT2D eigenvalue weighted by atomic mass is 10.1. The van der Waals surface area contributed by atoms with Crippen LogP contribution in [0.5, 0.6) is 0 Å². The monoisotopic (exact) mass is 330 g/mol. The summed E-state index contributed by atoms with van der Waals surface area (Å²) in [5.41, 5.74) is 2.24.